The van der Waals surface area contributed by atoms with Crippen LogP contribution >= 0.6 is 0 Å². The Labute approximate surface area is 159 Å². The summed E-state index contributed by atoms with van der Waals surface area (Å²) in [6.07, 6.45) is 6.66. The Hall–Kier alpha value is -2.48. The molecule has 2 aromatic rings. The molecule has 1 amide bonds. The highest BCUT2D eigenvalue weighted by molar-refractivity contribution is 5.79. The lowest BCUT2D eigenvalue weighted by atomic mass is 9.99. The first-order valence-electron chi connectivity index (χ1n) is 9.68. The van der Waals surface area contributed by atoms with Crippen molar-refractivity contribution in [2.24, 2.45) is 0 Å². The van der Waals surface area contributed by atoms with E-state index in [1.807, 2.05) is 24.0 Å². The van der Waals surface area contributed by atoms with Gasteiger partial charge in [-0.25, -0.2) is 9.97 Å². The highest BCUT2D eigenvalue weighted by atomic mass is 16.5. The van der Waals surface area contributed by atoms with E-state index in [1.54, 1.807) is 12.4 Å². The zero-order valence-electron chi connectivity index (χ0n) is 15.8. The molecule has 1 atom stereocenters. The molecule has 2 aliphatic heterocycles. The predicted molar refractivity (Wildman–Crippen MR) is 100 cm³/mol. The molecule has 0 N–H and O–H groups in total. The molecular formula is C19H26N6O2. The largest absolute Gasteiger partial charge is 0.361 e. The maximum absolute atomic E-state index is 13.0. The van der Waals surface area contributed by atoms with Crippen molar-refractivity contribution in [1.82, 2.24) is 24.9 Å². The molecule has 0 radical (unpaired) electrons. The van der Waals surface area contributed by atoms with Crippen LogP contribution in [0.1, 0.15) is 36.8 Å². The SMILES string of the molecule is Cc1cc(C2CCCCN2C(=O)CN2CCN(c3ncccn3)CC2)no1. The molecule has 0 saturated carbocycles. The molecule has 27 heavy (non-hydrogen) atoms. The molecule has 144 valence electrons. The molecule has 2 fully saturated rings. The van der Waals surface area contributed by atoms with E-state index in [-0.39, 0.29) is 11.9 Å². The van der Waals surface area contributed by atoms with Crippen LogP contribution in [0.15, 0.2) is 29.0 Å². The number of aromatic nitrogens is 3. The summed E-state index contributed by atoms with van der Waals surface area (Å²) in [6, 6.07) is 3.82. The Bertz CT molecular complexity index is 757. The average molecular weight is 370 g/mol. The predicted octanol–water partition coefficient (Wildman–Crippen LogP) is 1.65. The molecule has 0 bridgehead atoms. The van der Waals surface area contributed by atoms with Crippen molar-refractivity contribution in [3.05, 3.63) is 36.0 Å². The second-order valence-corrected chi connectivity index (χ2v) is 7.27. The molecule has 2 aromatic heterocycles. The van der Waals surface area contributed by atoms with Crippen LogP contribution < -0.4 is 4.90 Å². The van der Waals surface area contributed by atoms with Crippen molar-refractivity contribution >= 4 is 11.9 Å². The third-order valence-corrected chi connectivity index (χ3v) is 5.38. The smallest absolute Gasteiger partial charge is 0.237 e. The number of piperazine rings is 1. The van der Waals surface area contributed by atoms with Crippen molar-refractivity contribution in [2.45, 2.75) is 32.2 Å². The number of carbonyl (C=O) groups is 1. The molecule has 2 aliphatic rings. The van der Waals surface area contributed by atoms with Crippen LogP contribution in [0, 0.1) is 6.92 Å². The molecule has 0 aliphatic carbocycles. The van der Waals surface area contributed by atoms with Gasteiger partial charge in [0.1, 0.15) is 11.5 Å². The summed E-state index contributed by atoms with van der Waals surface area (Å²) in [5.74, 6) is 1.74. The number of aryl methyl sites for hydroxylation is 1. The highest BCUT2D eigenvalue weighted by Crippen LogP contribution is 2.30. The summed E-state index contributed by atoms with van der Waals surface area (Å²) in [5, 5.41) is 4.16. The lowest BCUT2D eigenvalue weighted by Crippen LogP contribution is -2.51. The fourth-order valence-corrected chi connectivity index (χ4v) is 3.92. The van der Waals surface area contributed by atoms with Gasteiger partial charge in [0.15, 0.2) is 0 Å². The molecule has 8 nitrogen and oxygen atoms in total. The minimum Gasteiger partial charge on any atom is -0.361 e. The third-order valence-electron chi connectivity index (χ3n) is 5.38. The fourth-order valence-electron chi connectivity index (χ4n) is 3.92. The van der Waals surface area contributed by atoms with Crippen LogP contribution in [-0.4, -0.2) is 70.1 Å². The van der Waals surface area contributed by atoms with E-state index in [0.717, 1.165) is 69.4 Å². The average Bonchev–Trinajstić information content (AvgIpc) is 3.15. The van der Waals surface area contributed by atoms with Crippen LogP contribution in [0.2, 0.25) is 0 Å². The zero-order chi connectivity index (χ0) is 18.6. The van der Waals surface area contributed by atoms with Gasteiger partial charge in [0, 0.05) is 51.2 Å². The normalized spacial score (nSPS) is 21.4. The van der Waals surface area contributed by atoms with Crippen molar-refractivity contribution in [2.75, 3.05) is 44.2 Å². The minimum atomic E-state index is 0.0442. The number of hydrogen-bond acceptors (Lipinski definition) is 7. The monoisotopic (exact) mass is 370 g/mol. The quantitative estimate of drug-likeness (QED) is 0.810. The summed E-state index contributed by atoms with van der Waals surface area (Å²) in [6.45, 7) is 6.50. The highest BCUT2D eigenvalue weighted by Gasteiger charge is 2.31. The van der Waals surface area contributed by atoms with E-state index in [0.29, 0.717) is 6.54 Å². The lowest BCUT2D eigenvalue weighted by molar-refractivity contribution is -0.136. The van der Waals surface area contributed by atoms with E-state index < -0.39 is 0 Å². The van der Waals surface area contributed by atoms with Gasteiger partial charge >= 0.3 is 0 Å². The number of rotatable bonds is 4. The van der Waals surface area contributed by atoms with Crippen molar-refractivity contribution in [1.29, 1.82) is 0 Å². The maximum Gasteiger partial charge on any atom is 0.237 e. The second kappa shape index (κ2) is 8.04. The number of amides is 1. The second-order valence-electron chi connectivity index (χ2n) is 7.27. The molecule has 2 saturated heterocycles. The van der Waals surface area contributed by atoms with Crippen molar-refractivity contribution in [3.8, 4) is 0 Å². The number of piperidine rings is 1. The number of anilines is 1. The number of likely N-dealkylation sites (tertiary alicyclic amines) is 1. The summed E-state index contributed by atoms with van der Waals surface area (Å²) >= 11 is 0. The van der Waals surface area contributed by atoms with Gasteiger partial charge in [0.25, 0.3) is 0 Å². The standard InChI is InChI=1S/C19H26N6O2/c1-15-13-16(22-27-15)17-5-2-3-8-25(17)18(26)14-23-9-11-24(12-10-23)19-20-6-4-7-21-19/h4,6-7,13,17H,2-3,5,8-12,14H2,1H3. The number of hydrogen-bond donors (Lipinski definition) is 0. The Morgan fingerprint density at radius 1 is 1.15 bits per heavy atom. The first-order valence-corrected chi connectivity index (χ1v) is 9.68. The van der Waals surface area contributed by atoms with Gasteiger partial charge in [0.05, 0.1) is 12.6 Å². The maximum atomic E-state index is 13.0. The van der Waals surface area contributed by atoms with E-state index in [1.165, 1.54) is 0 Å². The zero-order valence-corrected chi connectivity index (χ0v) is 15.8. The van der Waals surface area contributed by atoms with Gasteiger partial charge in [-0.2, -0.15) is 0 Å². The first kappa shape index (κ1) is 17.9. The minimum absolute atomic E-state index is 0.0442. The molecule has 8 heteroatoms. The van der Waals surface area contributed by atoms with Crippen molar-refractivity contribution < 1.29 is 9.32 Å². The Morgan fingerprint density at radius 3 is 2.63 bits per heavy atom. The van der Waals surface area contributed by atoms with Gasteiger partial charge in [-0.3, -0.25) is 9.69 Å². The van der Waals surface area contributed by atoms with Gasteiger partial charge in [-0.15, -0.1) is 0 Å². The number of nitrogens with zero attached hydrogens (tertiary/aromatic N) is 6. The van der Waals surface area contributed by atoms with E-state index >= 15 is 0 Å². The molecule has 4 rings (SSSR count). The van der Waals surface area contributed by atoms with Gasteiger partial charge < -0.3 is 14.3 Å². The van der Waals surface area contributed by atoms with Crippen LogP contribution in [0.5, 0.6) is 0 Å². The molecule has 0 spiro atoms. The van der Waals surface area contributed by atoms with Gasteiger partial charge in [-0.05, 0) is 32.3 Å². The molecule has 0 aromatic carbocycles. The van der Waals surface area contributed by atoms with E-state index in [4.69, 9.17) is 4.52 Å². The van der Waals surface area contributed by atoms with E-state index in [9.17, 15) is 4.79 Å². The van der Waals surface area contributed by atoms with Crippen LogP contribution in [0.25, 0.3) is 0 Å². The van der Waals surface area contributed by atoms with Crippen LogP contribution in [0.4, 0.5) is 5.95 Å². The molecular weight excluding hydrogens is 344 g/mol. The van der Waals surface area contributed by atoms with Crippen LogP contribution in [0.3, 0.4) is 0 Å². The lowest BCUT2D eigenvalue weighted by Gasteiger charge is -2.38. The van der Waals surface area contributed by atoms with Gasteiger partial charge in [-0.1, -0.05) is 5.16 Å². The van der Waals surface area contributed by atoms with E-state index in [2.05, 4.69) is 24.9 Å². The van der Waals surface area contributed by atoms with Crippen LogP contribution in [-0.2, 0) is 4.79 Å². The third kappa shape index (κ3) is 4.10. The molecule has 1 unspecified atom stereocenters. The topological polar surface area (TPSA) is 78.6 Å². The fraction of sp³-hybridized carbons (Fsp3) is 0.579. The summed E-state index contributed by atoms with van der Waals surface area (Å²) in [5.41, 5.74) is 0.881. The Morgan fingerprint density at radius 2 is 1.93 bits per heavy atom. The summed E-state index contributed by atoms with van der Waals surface area (Å²) in [4.78, 5) is 28.0. The Balaban J connectivity index is 1.34. The first-order chi connectivity index (χ1) is 13.2. The Kier molecular flexibility index (Phi) is 5.33. The van der Waals surface area contributed by atoms with Gasteiger partial charge in [0.2, 0.25) is 11.9 Å². The summed E-state index contributed by atoms with van der Waals surface area (Å²) in [7, 11) is 0. The summed E-state index contributed by atoms with van der Waals surface area (Å²) < 4.78 is 5.23. The number of carbonyl (C=O) groups excluding carboxylic acids is 1. The van der Waals surface area contributed by atoms with Crippen molar-refractivity contribution in [3.63, 3.8) is 0 Å². The molecule has 4 heterocycles.